The van der Waals surface area contributed by atoms with Crippen LogP contribution in [0.1, 0.15) is 63.8 Å². The second-order valence-electron chi connectivity index (χ2n) is 14.0. The van der Waals surface area contributed by atoms with Gasteiger partial charge in [0, 0.05) is 48.0 Å². The molecule has 3 aliphatic heterocycles. The molecule has 0 spiro atoms. The molecule has 1 saturated heterocycles. The van der Waals surface area contributed by atoms with E-state index < -0.39 is 59.4 Å². The van der Waals surface area contributed by atoms with Crippen molar-refractivity contribution in [3.05, 3.63) is 45.2 Å². The third-order valence-electron chi connectivity index (χ3n) is 9.78. The lowest BCUT2D eigenvalue weighted by Gasteiger charge is -2.60. The van der Waals surface area contributed by atoms with E-state index in [1.807, 2.05) is 24.9 Å². The smallest absolute Gasteiger partial charge is 0.408 e. The molecule has 6 atom stereocenters. The number of nitrogens with zero attached hydrogens (tertiary/aromatic N) is 3. The van der Waals surface area contributed by atoms with E-state index in [1.54, 1.807) is 27.9 Å². The fraction of sp³-hybridized carbons (Fsp3) is 0.571. The van der Waals surface area contributed by atoms with Gasteiger partial charge in [0.1, 0.15) is 23.4 Å². The molecule has 5 rings (SSSR count). The first kappa shape index (κ1) is 35.8. The summed E-state index contributed by atoms with van der Waals surface area (Å²) in [6.45, 7) is 9.71. The van der Waals surface area contributed by atoms with E-state index in [0.29, 0.717) is 23.5 Å². The van der Waals surface area contributed by atoms with E-state index in [1.165, 1.54) is 21.0 Å². The molecule has 1 aromatic carbocycles. The van der Waals surface area contributed by atoms with Gasteiger partial charge in [0.05, 0.1) is 25.3 Å². The van der Waals surface area contributed by atoms with E-state index >= 15 is 0 Å². The van der Waals surface area contributed by atoms with Crippen LogP contribution >= 0.6 is 0 Å². The third-order valence-corrected chi connectivity index (χ3v) is 9.78. The Morgan fingerprint density at radius 3 is 2.43 bits per heavy atom. The fourth-order valence-electron chi connectivity index (χ4n) is 7.72. The van der Waals surface area contributed by atoms with Gasteiger partial charge in [-0.15, -0.1) is 0 Å². The number of aryl methyl sites for hydroxylation is 1. The van der Waals surface area contributed by atoms with Crippen molar-refractivity contribution in [1.29, 1.82) is 5.26 Å². The number of piperazine rings is 1. The number of Topliss-reactive ketones (excluding diaryl/α,β-unsaturated/α-hetero) is 2. The summed E-state index contributed by atoms with van der Waals surface area (Å²) < 4.78 is 22.5. The highest BCUT2D eigenvalue weighted by atomic mass is 16.7. The van der Waals surface area contributed by atoms with Gasteiger partial charge in [-0.1, -0.05) is 6.07 Å². The van der Waals surface area contributed by atoms with Gasteiger partial charge in [0.15, 0.2) is 18.3 Å². The maximum Gasteiger partial charge on any atom is 0.408 e. The second kappa shape index (κ2) is 13.5. The fourth-order valence-corrected chi connectivity index (χ4v) is 7.72. The summed E-state index contributed by atoms with van der Waals surface area (Å²) in [7, 11) is 5.02. The van der Waals surface area contributed by atoms with Crippen molar-refractivity contribution in [3.8, 4) is 17.6 Å². The zero-order chi connectivity index (χ0) is 36.1. The van der Waals surface area contributed by atoms with Crippen LogP contribution in [0.15, 0.2) is 28.5 Å². The number of amides is 2. The Balaban J connectivity index is 1.61. The molecule has 14 heteroatoms. The van der Waals surface area contributed by atoms with Gasteiger partial charge in [-0.3, -0.25) is 24.2 Å². The molecule has 14 nitrogen and oxygen atoms in total. The molecule has 4 aliphatic rings. The largest absolute Gasteiger partial charge is 0.507 e. The van der Waals surface area contributed by atoms with Crippen LogP contribution in [0.3, 0.4) is 0 Å². The molecule has 0 radical (unpaired) electrons. The summed E-state index contributed by atoms with van der Waals surface area (Å²) in [4.78, 5) is 56.6. The number of likely N-dealkylation sites (N-methyl/N-ethyl adjacent to an activating group) is 1. The van der Waals surface area contributed by atoms with Crippen LogP contribution in [-0.2, 0) is 30.3 Å². The number of carbonyl (C=O) groups is 4. The van der Waals surface area contributed by atoms with E-state index in [-0.39, 0.29) is 42.7 Å². The number of fused-ring (bicyclic) bond motifs is 6. The molecule has 2 bridgehead atoms. The minimum atomic E-state index is -1.01. The Bertz CT molecular complexity index is 1690. The van der Waals surface area contributed by atoms with Gasteiger partial charge in [0.25, 0.3) is 0 Å². The Morgan fingerprint density at radius 2 is 1.82 bits per heavy atom. The molecule has 1 fully saturated rings. The zero-order valence-electron chi connectivity index (χ0n) is 29.4. The lowest BCUT2D eigenvalue weighted by atomic mass is 9.70. The number of ketones is 2. The highest BCUT2D eigenvalue weighted by molar-refractivity contribution is 6.50. The van der Waals surface area contributed by atoms with Gasteiger partial charge < -0.3 is 34.7 Å². The number of allylic oxidation sites excluding steroid dienone is 2. The quantitative estimate of drug-likeness (QED) is 0.208. The Labute approximate surface area is 286 Å². The van der Waals surface area contributed by atoms with Gasteiger partial charge >= 0.3 is 6.09 Å². The number of rotatable bonds is 8. The van der Waals surface area contributed by atoms with Gasteiger partial charge in [-0.25, -0.2) is 4.79 Å². The van der Waals surface area contributed by atoms with E-state index in [0.717, 1.165) is 16.7 Å². The number of aliphatic hydroxyl groups excluding tert-OH is 1. The van der Waals surface area contributed by atoms with Crippen LogP contribution in [0.2, 0.25) is 0 Å². The average molecular weight is 680 g/mol. The van der Waals surface area contributed by atoms with Crippen LogP contribution in [0.4, 0.5) is 4.79 Å². The minimum absolute atomic E-state index is 0.0415. The Kier molecular flexibility index (Phi) is 9.84. The highest BCUT2D eigenvalue weighted by Crippen LogP contribution is 2.54. The van der Waals surface area contributed by atoms with Gasteiger partial charge in [-0.2, -0.15) is 5.26 Å². The zero-order valence-corrected chi connectivity index (χ0v) is 29.4. The summed E-state index contributed by atoms with van der Waals surface area (Å²) in [5.74, 6) is -1.42. The number of hydrogen-bond acceptors (Lipinski definition) is 12. The summed E-state index contributed by atoms with van der Waals surface area (Å²) >= 11 is 0. The average Bonchev–Trinajstić information content (AvgIpc) is 3.03. The molecule has 0 aromatic heterocycles. The molecule has 0 saturated carbocycles. The van der Waals surface area contributed by atoms with Gasteiger partial charge in [0.2, 0.25) is 17.5 Å². The van der Waals surface area contributed by atoms with Crippen molar-refractivity contribution >= 4 is 23.6 Å². The number of aliphatic hydroxyl groups is 1. The number of alkyl carbamates (subject to hydrolysis) is 1. The number of benzene rings is 1. The van der Waals surface area contributed by atoms with Crippen molar-refractivity contribution < 1.29 is 43.2 Å². The number of nitrogens with one attached hydrogen (secondary N) is 2. The molecule has 264 valence electrons. The maximum atomic E-state index is 13.7. The number of carbonyl (C=O) groups excluding carboxylic acids is 4. The lowest BCUT2D eigenvalue weighted by Crippen LogP contribution is -2.71. The van der Waals surface area contributed by atoms with Crippen LogP contribution in [0.5, 0.6) is 11.5 Å². The van der Waals surface area contributed by atoms with Crippen molar-refractivity contribution in [2.75, 3.05) is 34.6 Å². The van der Waals surface area contributed by atoms with Crippen molar-refractivity contribution in [2.45, 2.75) is 96.2 Å². The number of hydrogen-bond donors (Lipinski definition) is 3. The summed E-state index contributed by atoms with van der Waals surface area (Å²) in [5.41, 5.74) is 2.20. The maximum absolute atomic E-state index is 13.7. The van der Waals surface area contributed by atoms with Gasteiger partial charge in [-0.05, 0) is 72.6 Å². The monoisotopic (exact) mass is 679 g/mol. The van der Waals surface area contributed by atoms with Crippen LogP contribution in [0.25, 0.3) is 0 Å². The van der Waals surface area contributed by atoms with Crippen LogP contribution < -0.4 is 20.1 Å². The Hall–Kier alpha value is -4.45. The standard InChI is InChI=1S/C35H45N5O9/c1-16-10-19-11-21-23(13-36)40-22(27(39(21)7)25(19)32(31(16)47-9)48-15-46-8)12-20-26(30(43)29(42)17(2)28(20)41)24(40)14-37-33(44)18(3)38-34(45)49-35(4,5)6/h10,18,21-24,27,41H,11-12,14-15H2,1-9H3,(H,37,44)(H,38,45)/t18-,21-,22?,23?,24-,27-/m0/s1. The van der Waals surface area contributed by atoms with E-state index in [4.69, 9.17) is 18.9 Å². The molecular formula is C35H45N5O9. The Morgan fingerprint density at radius 1 is 1.12 bits per heavy atom. The van der Waals surface area contributed by atoms with E-state index in [9.17, 15) is 29.5 Å². The minimum Gasteiger partial charge on any atom is -0.507 e. The summed E-state index contributed by atoms with van der Waals surface area (Å²) in [6, 6.07) is 0.496. The van der Waals surface area contributed by atoms with Crippen molar-refractivity contribution in [3.63, 3.8) is 0 Å². The molecule has 3 heterocycles. The molecule has 1 aliphatic carbocycles. The molecular weight excluding hydrogens is 634 g/mol. The molecule has 1 aromatic rings. The summed E-state index contributed by atoms with van der Waals surface area (Å²) in [6.07, 6.45) is -0.168. The first-order valence-corrected chi connectivity index (χ1v) is 16.3. The number of nitriles is 1. The predicted octanol–water partition coefficient (Wildman–Crippen LogP) is 2.54. The number of ether oxygens (including phenoxy) is 4. The first-order chi connectivity index (χ1) is 23.1. The highest BCUT2D eigenvalue weighted by Gasteiger charge is 2.57. The molecule has 2 amide bonds. The SMILES string of the molecule is COCOc1c(OC)c(C)cc2c1[C@@H]1C3CC4=C(C(=O)C(=O)C(C)=C4O)[C@H](CNC(=O)[C@H](C)NC(=O)OC(C)(C)C)N3C(C#N)[C@H](C2)N1C. The first-order valence-electron chi connectivity index (χ1n) is 16.3. The molecule has 49 heavy (non-hydrogen) atoms. The molecule has 3 N–H and O–H groups in total. The predicted molar refractivity (Wildman–Crippen MR) is 176 cm³/mol. The number of methoxy groups -OCH3 is 2. The third kappa shape index (κ3) is 6.26. The normalized spacial score (nSPS) is 25.8. The van der Waals surface area contributed by atoms with Crippen LogP contribution in [-0.4, -0.2) is 109 Å². The lowest BCUT2D eigenvalue weighted by molar-refractivity contribution is -0.134. The summed E-state index contributed by atoms with van der Waals surface area (Å²) in [5, 5.41) is 27.4. The van der Waals surface area contributed by atoms with Crippen LogP contribution in [0, 0.1) is 18.3 Å². The second-order valence-corrected chi connectivity index (χ2v) is 14.0. The van der Waals surface area contributed by atoms with Crippen molar-refractivity contribution in [2.24, 2.45) is 0 Å². The topological polar surface area (TPSA) is 180 Å². The van der Waals surface area contributed by atoms with Crippen molar-refractivity contribution in [1.82, 2.24) is 20.4 Å². The van der Waals surface area contributed by atoms with E-state index in [2.05, 4.69) is 21.6 Å². The molecule has 2 unspecified atom stereocenters.